The van der Waals surface area contributed by atoms with Gasteiger partial charge in [0.05, 0.1) is 12.2 Å². The second-order valence-electron chi connectivity index (χ2n) is 14.4. The summed E-state index contributed by atoms with van der Waals surface area (Å²) in [7, 11) is -1.82. The third-order valence-corrected chi connectivity index (χ3v) is 14.9. The maximum absolute atomic E-state index is 12.0. The first kappa shape index (κ1) is 28.9. The number of carbonyl (C=O) groups is 1. The summed E-state index contributed by atoms with van der Waals surface area (Å²) in [5.41, 5.74) is -0.0788. The van der Waals surface area contributed by atoms with E-state index in [4.69, 9.17) is 9.16 Å². The average Bonchev–Trinajstić information content (AvgIpc) is 3.27. The molecule has 202 valence electrons. The van der Waals surface area contributed by atoms with Crippen LogP contribution in [0, 0.1) is 28.6 Å². The number of carbonyl (C=O) groups excluding carboxylic acids is 1. The van der Waals surface area contributed by atoms with Crippen LogP contribution in [0.5, 0.6) is 0 Å². The number of hydrogen-bond donors (Lipinski definition) is 1. The molecule has 0 aromatic rings. The molecule has 0 amide bonds. The van der Waals surface area contributed by atoms with E-state index in [1.807, 2.05) is 20.8 Å². The van der Waals surface area contributed by atoms with Crippen molar-refractivity contribution in [1.82, 2.24) is 0 Å². The van der Waals surface area contributed by atoms with Gasteiger partial charge < -0.3 is 14.3 Å². The monoisotopic (exact) mass is 506 g/mol. The average molecular weight is 507 g/mol. The molecule has 3 aliphatic carbocycles. The Bertz CT molecular complexity index is 776. The van der Waals surface area contributed by atoms with Crippen molar-refractivity contribution >= 4 is 14.3 Å². The first-order valence-electron chi connectivity index (χ1n) is 14.3. The summed E-state index contributed by atoms with van der Waals surface area (Å²) in [4.78, 5) is 12.0. The van der Waals surface area contributed by atoms with E-state index in [1.165, 1.54) is 32.1 Å². The Kier molecular flexibility index (Phi) is 8.47. The third kappa shape index (κ3) is 6.26. The van der Waals surface area contributed by atoms with Crippen LogP contribution in [0.25, 0.3) is 0 Å². The maximum atomic E-state index is 12.0. The van der Waals surface area contributed by atoms with Crippen molar-refractivity contribution in [3.05, 3.63) is 12.2 Å². The van der Waals surface area contributed by atoms with Gasteiger partial charge in [-0.1, -0.05) is 46.6 Å². The molecular formula is C30H54O4Si. The van der Waals surface area contributed by atoms with Gasteiger partial charge in [-0.05, 0) is 112 Å². The van der Waals surface area contributed by atoms with E-state index in [2.05, 4.69) is 46.9 Å². The summed E-state index contributed by atoms with van der Waals surface area (Å²) in [6.07, 6.45) is 14.7. The van der Waals surface area contributed by atoms with E-state index < -0.39 is 13.9 Å². The highest BCUT2D eigenvalue weighted by molar-refractivity contribution is 6.74. The van der Waals surface area contributed by atoms with Gasteiger partial charge in [0.2, 0.25) is 0 Å². The van der Waals surface area contributed by atoms with E-state index in [9.17, 15) is 9.90 Å². The summed E-state index contributed by atoms with van der Waals surface area (Å²) in [6, 6.07) is 0. The Morgan fingerprint density at radius 1 is 1.14 bits per heavy atom. The zero-order chi connectivity index (χ0) is 26.3. The van der Waals surface area contributed by atoms with Gasteiger partial charge >= 0.3 is 5.97 Å². The summed E-state index contributed by atoms with van der Waals surface area (Å²) >= 11 is 0. The minimum Gasteiger partial charge on any atom is -0.463 e. The van der Waals surface area contributed by atoms with Crippen molar-refractivity contribution in [2.45, 2.75) is 136 Å². The summed E-state index contributed by atoms with van der Waals surface area (Å²) in [6.45, 7) is 20.5. The largest absolute Gasteiger partial charge is 0.463 e. The molecule has 0 radical (unpaired) electrons. The zero-order valence-corrected chi connectivity index (χ0v) is 25.2. The molecule has 3 aliphatic rings. The van der Waals surface area contributed by atoms with Crippen molar-refractivity contribution < 1.29 is 19.1 Å². The molecule has 3 rings (SSSR count). The fraction of sp³-hybridized carbons (Fsp3) is 0.900. The topological polar surface area (TPSA) is 55.8 Å². The number of allylic oxidation sites excluding steroid dienone is 1. The van der Waals surface area contributed by atoms with Gasteiger partial charge in [-0.15, -0.1) is 0 Å². The van der Waals surface area contributed by atoms with Gasteiger partial charge in [-0.3, -0.25) is 0 Å². The fourth-order valence-electron chi connectivity index (χ4n) is 7.47. The van der Waals surface area contributed by atoms with Crippen molar-refractivity contribution in [3.8, 4) is 0 Å². The lowest BCUT2D eigenvalue weighted by Crippen LogP contribution is -2.50. The summed E-state index contributed by atoms with van der Waals surface area (Å²) in [5, 5.41) is 10.6. The Labute approximate surface area is 216 Å². The molecule has 0 bridgehead atoms. The van der Waals surface area contributed by atoms with Crippen LogP contribution in [0.15, 0.2) is 12.2 Å². The number of esters is 1. The smallest absolute Gasteiger partial charge is 0.330 e. The number of fused-ring (bicyclic) bond motifs is 1. The molecular weight excluding hydrogens is 452 g/mol. The summed E-state index contributed by atoms with van der Waals surface area (Å²) < 4.78 is 12.3. The van der Waals surface area contributed by atoms with Gasteiger partial charge in [-0.2, -0.15) is 0 Å². The highest BCUT2D eigenvalue weighted by Gasteiger charge is 2.66. The van der Waals surface area contributed by atoms with Crippen LogP contribution in [0.4, 0.5) is 0 Å². The molecule has 0 aromatic heterocycles. The fourth-order valence-corrected chi connectivity index (χ4v) is 8.86. The highest BCUT2D eigenvalue weighted by atomic mass is 28.4. The molecule has 5 heteroatoms. The molecule has 3 saturated carbocycles. The van der Waals surface area contributed by atoms with E-state index in [1.54, 1.807) is 6.08 Å². The molecule has 1 N–H and O–H groups in total. The number of hydrogen-bond acceptors (Lipinski definition) is 4. The van der Waals surface area contributed by atoms with Gasteiger partial charge in [0.1, 0.15) is 0 Å². The maximum Gasteiger partial charge on any atom is 0.330 e. The van der Waals surface area contributed by atoms with E-state index in [-0.39, 0.29) is 16.4 Å². The molecule has 6 atom stereocenters. The van der Waals surface area contributed by atoms with E-state index in [0.717, 1.165) is 25.7 Å². The first-order valence-corrected chi connectivity index (χ1v) is 17.2. The number of ether oxygens (including phenoxy) is 1. The highest BCUT2D eigenvalue weighted by Crippen LogP contribution is 2.72. The lowest BCUT2D eigenvalue weighted by atomic mass is 9.59. The number of aliphatic hydroxyl groups is 1. The van der Waals surface area contributed by atoms with Crippen molar-refractivity contribution in [2.75, 3.05) is 6.61 Å². The minimum atomic E-state index is -1.82. The minimum absolute atomic E-state index is 0.221. The van der Waals surface area contributed by atoms with E-state index >= 15 is 0 Å². The Hall–Kier alpha value is -0.653. The van der Waals surface area contributed by atoms with Gasteiger partial charge in [-0.25, -0.2) is 4.79 Å². The van der Waals surface area contributed by atoms with Crippen molar-refractivity contribution in [2.24, 2.45) is 28.6 Å². The van der Waals surface area contributed by atoms with E-state index in [0.29, 0.717) is 35.9 Å². The normalized spacial score (nSPS) is 35.8. The van der Waals surface area contributed by atoms with Crippen LogP contribution in [-0.2, 0) is 14.0 Å². The molecule has 35 heavy (non-hydrogen) atoms. The van der Waals surface area contributed by atoms with Crippen LogP contribution in [-0.4, -0.2) is 37.7 Å². The molecule has 4 nitrogen and oxygen atoms in total. The molecule has 0 aromatic carbocycles. The van der Waals surface area contributed by atoms with Gasteiger partial charge in [0.15, 0.2) is 8.32 Å². The Morgan fingerprint density at radius 3 is 2.43 bits per heavy atom. The molecule has 0 saturated heterocycles. The molecule has 0 heterocycles. The predicted octanol–water partition coefficient (Wildman–Crippen LogP) is 7.66. The Balaban J connectivity index is 1.82. The Morgan fingerprint density at radius 2 is 1.83 bits per heavy atom. The molecule has 4 unspecified atom stereocenters. The van der Waals surface area contributed by atoms with Gasteiger partial charge in [0, 0.05) is 12.2 Å². The lowest BCUT2D eigenvalue weighted by molar-refractivity contribution is -0.137. The van der Waals surface area contributed by atoms with Crippen LogP contribution >= 0.6 is 0 Å². The first-order chi connectivity index (χ1) is 16.1. The molecule has 3 fully saturated rings. The second-order valence-corrected chi connectivity index (χ2v) is 19.1. The lowest BCUT2D eigenvalue weighted by Gasteiger charge is -2.50. The van der Waals surface area contributed by atoms with Crippen LogP contribution < -0.4 is 0 Å². The standard InChI is InChI=1S/C30H54O4Si/c1-10-33-26(31)17-14-22-21-30(22,20-12-18-28(5,6)32)25-16-15-23-24(13-11-19-29(23,25)7)34-35(8,9)27(2,3)4/h14,17,22-25,32H,10-13,15-16,18-21H2,1-9H3/b17-14+/t22?,23?,24-,25?,29-,30?/m0/s1. The summed E-state index contributed by atoms with van der Waals surface area (Å²) in [5.74, 6) is 1.51. The van der Waals surface area contributed by atoms with Crippen molar-refractivity contribution in [3.63, 3.8) is 0 Å². The van der Waals surface area contributed by atoms with Crippen LogP contribution in [0.1, 0.15) is 106 Å². The third-order valence-electron chi connectivity index (χ3n) is 10.4. The second kappa shape index (κ2) is 10.2. The SMILES string of the molecule is CCOC(=O)/C=C/C1CC1(CCCC(C)(C)O)C1CCC2[C@@H](O[Si](C)(C)C(C)(C)C)CCC[C@@]21C. The molecule has 0 aliphatic heterocycles. The quantitative estimate of drug-likeness (QED) is 0.188. The van der Waals surface area contributed by atoms with Crippen molar-refractivity contribution in [1.29, 1.82) is 0 Å². The zero-order valence-electron chi connectivity index (χ0n) is 24.2. The van der Waals surface area contributed by atoms with Gasteiger partial charge in [0.25, 0.3) is 0 Å². The van der Waals surface area contributed by atoms with Crippen LogP contribution in [0.2, 0.25) is 18.1 Å². The molecule has 0 spiro atoms. The van der Waals surface area contributed by atoms with Crippen LogP contribution in [0.3, 0.4) is 0 Å². The number of rotatable bonds is 10. The predicted molar refractivity (Wildman–Crippen MR) is 147 cm³/mol.